The van der Waals surface area contributed by atoms with Crippen molar-refractivity contribution in [2.45, 2.75) is 83.1 Å². The van der Waals surface area contributed by atoms with E-state index in [1.54, 1.807) is 0 Å². The summed E-state index contributed by atoms with van der Waals surface area (Å²) in [6.07, 6.45) is 8.90. The molecule has 0 aromatic rings. The van der Waals surface area contributed by atoms with Crippen LogP contribution in [0.5, 0.6) is 0 Å². The molecule has 114 valence electrons. The Labute approximate surface area is 124 Å². The van der Waals surface area contributed by atoms with Crippen LogP contribution >= 0.6 is 12.4 Å². The number of halogens is 1. The topological polar surface area (TPSA) is 32.7 Å². The number of ether oxygens (including phenoxy) is 1. The lowest BCUT2D eigenvalue weighted by Crippen LogP contribution is -2.48. The van der Waals surface area contributed by atoms with Crippen LogP contribution in [0.15, 0.2) is 0 Å². The molecule has 0 amide bonds. The van der Waals surface area contributed by atoms with E-state index in [4.69, 9.17) is 4.74 Å². The Hall–Kier alpha value is 0.170. The van der Waals surface area contributed by atoms with Gasteiger partial charge in [-0.05, 0) is 39.5 Å². The summed E-state index contributed by atoms with van der Waals surface area (Å²) in [5.74, 6) is 0. The van der Waals surface area contributed by atoms with E-state index in [0.717, 1.165) is 6.54 Å². The molecule has 3 unspecified atom stereocenters. The lowest BCUT2D eigenvalue weighted by Gasteiger charge is -2.40. The van der Waals surface area contributed by atoms with Crippen LogP contribution in [-0.4, -0.2) is 47.4 Å². The minimum absolute atomic E-state index is 0. The number of nitrogens with zero attached hydrogens (tertiary/aromatic N) is 1. The predicted octanol–water partition coefficient (Wildman–Crippen LogP) is 2.99. The van der Waals surface area contributed by atoms with Gasteiger partial charge in [0.05, 0.1) is 18.8 Å². The van der Waals surface area contributed by atoms with Crippen molar-refractivity contribution in [3.8, 4) is 0 Å². The van der Waals surface area contributed by atoms with Crippen molar-refractivity contribution in [2.75, 3.05) is 13.2 Å². The third-order valence-electron chi connectivity index (χ3n) is 4.62. The zero-order valence-electron chi connectivity index (χ0n) is 12.4. The number of aliphatic hydroxyl groups excluding tert-OH is 1. The van der Waals surface area contributed by atoms with Crippen molar-refractivity contribution in [1.82, 2.24) is 4.90 Å². The molecule has 0 aromatic carbocycles. The van der Waals surface area contributed by atoms with Crippen molar-refractivity contribution in [2.24, 2.45) is 0 Å². The Morgan fingerprint density at radius 3 is 2.21 bits per heavy atom. The van der Waals surface area contributed by atoms with Gasteiger partial charge in [-0.15, -0.1) is 12.4 Å². The van der Waals surface area contributed by atoms with E-state index in [2.05, 4.69) is 18.7 Å². The molecule has 0 spiro atoms. The van der Waals surface area contributed by atoms with Crippen LogP contribution in [0, 0.1) is 0 Å². The molecule has 1 saturated heterocycles. The number of hydrogen-bond acceptors (Lipinski definition) is 3. The fourth-order valence-electron chi connectivity index (χ4n) is 3.43. The number of likely N-dealkylation sites (tertiary alicyclic amines) is 1. The van der Waals surface area contributed by atoms with Gasteiger partial charge in [-0.25, -0.2) is 0 Å². The smallest absolute Gasteiger partial charge is 0.0900 e. The molecule has 0 radical (unpaired) electrons. The van der Waals surface area contributed by atoms with E-state index in [-0.39, 0.29) is 18.5 Å². The maximum atomic E-state index is 10.1. The van der Waals surface area contributed by atoms with E-state index in [0.29, 0.717) is 24.8 Å². The molecule has 3 nitrogen and oxygen atoms in total. The first kappa shape index (κ1) is 17.2. The van der Waals surface area contributed by atoms with Gasteiger partial charge in [0.2, 0.25) is 0 Å². The molecule has 1 heterocycles. The average Bonchev–Trinajstić information content (AvgIpc) is 2.84. The number of aliphatic hydroxyl groups is 1. The fraction of sp³-hybridized carbons (Fsp3) is 1.00. The van der Waals surface area contributed by atoms with Gasteiger partial charge >= 0.3 is 0 Å². The van der Waals surface area contributed by atoms with Gasteiger partial charge in [0.15, 0.2) is 0 Å². The standard InChI is InChI=1S/C15H29NO2.ClH/c1-12-6-5-7-13(2)16(12)10-14(17)11-18-15-8-3-4-9-15;/h12-15,17H,3-11H2,1-2H3;1H. The number of piperidine rings is 1. The highest BCUT2D eigenvalue weighted by Crippen LogP contribution is 2.23. The molecule has 19 heavy (non-hydrogen) atoms. The molecule has 1 aliphatic carbocycles. The highest BCUT2D eigenvalue weighted by molar-refractivity contribution is 5.85. The minimum atomic E-state index is -0.325. The van der Waals surface area contributed by atoms with Gasteiger partial charge in [-0.3, -0.25) is 4.90 Å². The summed E-state index contributed by atoms with van der Waals surface area (Å²) in [5.41, 5.74) is 0. The number of hydrogen-bond donors (Lipinski definition) is 1. The van der Waals surface area contributed by atoms with Crippen LogP contribution in [0.2, 0.25) is 0 Å². The third kappa shape index (κ3) is 5.22. The lowest BCUT2D eigenvalue weighted by atomic mass is 9.97. The molecular weight excluding hydrogens is 262 g/mol. The molecule has 4 heteroatoms. The summed E-state index contributed by atoms with van der Waals surface area (Å²) in [7, 11) is 0. The van der Waals surface area contributed by atoms with E-state index in [1.807, 2.05) is 0 Å². The predicted molar refractivity (Wildman–Crippen MR) is 80.9 cm³/mol. The van der Waals surface area contributed by atoms with Gasteiger partial charge in [-0.2, -0.15) is 0 Å². The van der Waals surface area contributed by atoms with Crippen LogP contribution in [0.4, 0.5) is 0 Å². The highest BCUT2D eigenvalue weighted by Gasteiger charge is 2.27. The van der Waals surface area contributed by atoms with Gasteiger partial charge in [-0.1, -0.05) is 19.3 Å². The van der Waals surface area contributed by atoms with E-state index in [1.165, 1.54) is 44.9 Å². The summed E-state index contributed by atoms with van der Waals surface area (Å²) >= 11 is 0. The molecule has 2 aliphatic rings. The van der Waals surface area contributed by atoms with Crippen molar-refractivity contribution in [3.63, 3.8) is 0 Å². The van der Waals surface area contributed by atoms with Gasteiger partial charge in [0.1, 0.15) is 0 Å². The highest BCUT2D eigenvalue weighted by atomic mass is 35.5. The Morgan fingerprint density at radius 2 is 1.63 bits per heavy atom. The molecule has 3 atom stereocenters. The zero-order valence-corrected chi connectivity index (χ0v) is 13.2. The van der Waals surface area contributed by atoms with Crippen LogP contribution in [0.1, 0.15) is 58.8 Å². The maximum absolute atomic E-state index is 10.1. The van der Waals surface area contributed by atoms with Crippen molar-refractivity contribution < 1.29 is 9.84 Å². The molecule has 1 N–H and O–H groups in total. The van der Waals surface area contributed by atoms with E-state index >= 15 is 0 Å². The van der Waals surface area contributed by atoms with E-state index < -0.39 is 0 Å². The Kier molecular flexibility index (Phi) is 7.66. The second kappa shape index (κ2) is 8.46. The molecule has 2 fully saturated rings. The quantitative estimate of drug-likeness (QED) is 0.845. The zero-order chi connectivity index (χ0) is 13.0. The van der Waals surface area contributed by atoms with Crippen LogP contribution in [0.3, 0.4) is 0 Å². The summed E-state index contributed by atoms with van der Waals surface area (Å²) in [6, 6.07) is 1.21. The average molecular weight is 292 g/mol. The summed E-state index contributed by atoms with van der Waals surface area (Å²) in [6.45, 7) is 5.84. The normalized spacial score (nSPS) is 31.1. The molecular formula is C15H30ClNO2. The van der Waals surface area contributed by atoms with Crippen molar-refractivity contribution >= 4 is 12.4 Å². The second-order valence-corrected chi connectivity index (χ2v) is 6.22. The number of rotatable bonds is 5. The van der Waals surface area contributed by atoms with Gasteiger partial charge in [0.25, 0.3) is 0 Å². The minimum Gasteiger partial charge on any atom is -0.389 e. The van der Waals surface area contributed by atoms with Crippen molar-refractivity contribution in [3.05, 3.63) is 0 Å². The van der Waals surface area contributed by atoms with E-state index in [9.17, 15) is 5.11 Å². The Bertz CT molecular complexity index is 236. The molecule has 1 saturated carbocycles. The molecule has 1 aliphatic heterocycles. The summed E-state index contributed by atoms with van der Waals surface area (Å²) < 4.78 is 5.80. The second-order valence-electron chi connectivity index (χ2n) is 6.22. The van der Waals surface area contributed by atoms with Gasteiger partial charge in [0, 0.05) is 18.6 Å². The number of β-amino-alcohol motifs (C(OH)–C–C–N with tert-alkyl or cyclic N) is 1. The van der Waals surface area contributed by atoms with Crippen molar-refractivity contribution in [1.29, 1.82) is 0 Å². The summed E-state index contributed by atoms with van der Waals surface area (Å²) in [4.78, 5) is 2.45. The summed E-state index contributed by atoms with van der Waals surface area (Å²) in [5, 5.41) is 10.1. The molecule has 2 rings (SSSR count). The van der Waals surface area contributed by atoms with Crippen LogP contribution < -0.4 is 0 Å². The Morgan fingerprint density at radius 1 is 1.05 bits per heavy atom. The monoisotopic (exact) mass is 291 g/mol. The largest absolute Gasteiger partial charge is 0.389 e. The lowest BCUT2D eigenvalue weighted by molar-refractivity contribution is -0.0335. The van der Waals surface area contributed by atoms with Crippen LogP contribution in [0.25, 0.3) is 0 Å². The van der Waals surface area contributed by atoms with Gasteiger partial charge < -0.3 is 9.84 Å². The molecule has 0 aromatic heterocycles. The first-order valence-corrected chi connectivity index (χ1v) is 7.72. The third-order valence-corrected chi connectivity index (χ3v) is 4.62. The fourth-order valence-corrected chi connectivity index (χ4v) is 3.43. The first-order chi connectivity index (χ1) is 8.66. The maximum Gasteiger partial charge on any atom is 0.0900 e. The Balaban J connectivity index is 0.00000180. The SMILES string of the molecule is CC1CCCC(C)N1CC(O)COC1CCCC1.Cl. The van der Waals surface area contributed by atoms with Crippen LogP contribution in [-0.2, 0) is 4.74 Å². The molecule has 0 bridgehead atoms. The first-order valence-electron chi connectivity index (χ1n) is 7.72.